The highest BCUT2D eigenvalue weighted by Crippen LogP contribution is 2.43. The van der Waals surface area contributed by atoms with Gasteiger partial charge in [0, 0.05) is 24.5 Å². The summed E-state index contributed by atoms with van der Waals surface area (Å²) in [4.78, 5) is 13.6. The quantitative estimate of drug-likeness (QED) is 0.740. The molecule has 1 saturated carbocycles. The lowest BCUT2D eigenvalue weighted by Gasteiger charge is -2.55. The lowest BCUT2D eigenvalue weighted by molar-refractivity contribution is -0.0572. The largest absolute Gasteiger partial charge is 0.444 e. The van der Waals surface area contributed by atoms with E-state index in [0.29, 0.717) is 0 Å². The van der Waals surface area contributed by atoms with Gasteiger partial charge in [-0.1, -0.05) is 12.8 Å². The summed E-state index contributed by atoms with van der Waals surface area (Å²) in [5.74, 6) is 0. The van der Waals surface area contributed by atoms with Crippen LogP contribution in [0, 0.1) is 5.41 Å². The number of amides is 1. The Morgan fingerprint density at radius 3 is 2.44 bits per heavy atom. The highest BCUT2D eigenvalue weighted by atomic mass is 35.5. The molecule has 2 N–H and O–H groups in total. The van der Waals surface area contributed by atoms with Crippen LogP contribution in [0.5, 0.6) is 0 Å². The summed E-state index contributed by atoms with van der Waals surface area (Å²) in [6.45, 7) is 7.25. The molecule has 1 spiro atoms. The van der Waals surface area contributed by atoms with Crippen molar-refractivity contribution in [3.8, 4) is 0 Å². The fourth-order valence-electron chi connectivity index (χ4n) is 2.90. The Labute approximate surface area is 116 Å². The molecule has 1 amide bonds. The molecule has 0 radical (unpaired) electrons. The van der Waals surface area contributed by atoms with Crippen molar-refractivity contribution in [1.82, 2.24) is 4.90 Å². The highest BCUT2D eigenvalue weighted by Gasteiger charge is 2.50. The minimum atomic E-state index is -0.408. The van der Waals surface area contributed by atoms with Gasteiger partial charge in [-0.25, -0.2) is 4.79 Å². The van der Waals surface area contributed by atoms with Crippen LogP contribution in [0.3, 0.4) is 0 Å². The molecule has 1 atom stereocenters. The molecule has 18 heavy (non-hydrogen) atoms. The zero-order valence-corrected chi connectivity index (χ0v) is 12.4. The van der Waals surface area contributed by atoms with Crippen LogP contribution in [0.4, 0.5) is 4.79 Å². The van der Waals surface area contributed by atoms with Crippen LogP contribution in [0.2, 0.25) is 0 Å². The fourth-order valence-corrected chi connectivity index (χ4v) is 2.90. The smallest absolute Gasteiger partial charge is 0.410 e. The molecule has 0 aromatic carbocycles. The fraction of sp³-hybridized carbons (Fsp3) is 0.923. The van der Waals surface area contributed by atoms with E-state index in [1.807, 2.05) is 20.8 Å². The van der Waals surface area contributed by atoms with Crippen LogP contribution >= 0.6 is 12.4 Å². The van der Waals surface area contributed by atoms with E-state index >= 15 is 0 Å². The topological polar surface area (TPSA) is 55.6 Å². The minimum Gasteiger partial charge on any atom is -0.444 e. The second-order valence-electron chi connectivity index (χ2n) is 6.55. The molecule has 0 aromatic heterocycles. The Morgan fingerprint density at radius 1 is 1.33 bits per heavy atom. The number of nitrogens with zero attached hydrogens (tertiary/aromatic N) is 1. The summed E-state index contributed by atoms with van der Waals surface area (Å²) in [6, 6.07) is 0.259. The lowest BCUT2D eigenvalue weighted by atomic mass is 9.65. The van der Waals surface area contributed by atoms with Crippen molar-refractivity contribution < 1.29 is 9.53 Å². The van der Waals surface area contributed by atoms with Gasteiger partial charge in [0.1, 0.15) is 5.60 Å². The number of rotatable bonds is 0. The van der Waals surface area contributed by atoms with Crippen molar-refractivity contribution in [2.75, 3.05) is 13.1 Å². The Balaban J connectivity index is 0.00000162. The highest BCUT2D eigenvalue weighted by molar-refractivity contribution is 5.85. The average Bonchev–Trinajstić information content (AvgIpc) is 2.12. The van der Waals surface area contributed by atoms with Gasteiger partial charge in [-0.15, -0.1) is 12.4 Å². The SMILES string of the molecule is CC(C)(C)OC(=O)N1CC2(CCCCC2N)C1.Cl. The molecule has 1 saturated heterocycles. The van der Waals surface area contributed by atoms with Gasteiger partial charge in [0.15, 0.2) is 0 Å². The molecule has 1 heterocycles. The summed E-state index contributed by atoms with van der Waals surface area (Å²) in [7, 11) is 0. The van der Waals surface area contributed by atoms with Gasteiger partial charge in [0.2, 0.25) is 0 Å². The van der Waals surface area contributed by atoms with Gasteiger partial charge in [0.25, 0.3) is 0 Å². The second-order valence-corrected chi connectivity index (χ2v) is 6.55. The molecule has 5 heteroatoms. The maximum atomic E-state index is 11.8. The summed E-state index contributed by atoms with van der Waals surface area (Å²) in [5.41, 5.74) is 5.97. The van der Waals surface area contributed by atoms with Gasteiger partial charge in [0.05, 0.1) is 0 Å². The van der Waals surface area contributed by atoms with Crippen molar-refractivity contribution in [2.24, 2.45) is 11.1 Å². The van der Waals surface area contributed by atoms with E-state index in [-0.39, 0.29) is 30.0 Å². The average molecular weight is 277 g/mol. The third-order valence-corrected chi connectivity index (χ3v) is 3.89. The molecule has 1 aliphatic carbocycles. The molecule has 106 valence electrons. The molecule has 1 aliphatic heterocycles. The van der Waals surface area contributed by atoms with Crippen LogP contribution < -0.4 is 5.73 Å². The molecule has 0 bridgehead atoms. The number of likely N-dealkylation sites (tertiary alicyclic amines) is 1. The van der Waals surface area contributed by atoms with Crippen molar-refractivity contribution in [3.63, 3.8) is 0 Å². The number of carbonyl (C=O) groups excluding carboxylic acids is 1. The number of ether oxygens (including phenoxy) is 1. The number of nitrogens with two attached hydrogens (primary N) is 1. The standard InChI is InChI=1S/C13H24N2O2.ClH/c1-12(2,3)17-11(16)15-8-13(9-15)7-5-4-6-10(13)14;/h10H,4-9,14H2,1-3H3;1H. The first-order chi connectivity index (χ1) is 7.82. The van der Waals surface area contributed by atoms with Crippen molar-refractivity contribution in [2.45, 2.75) is 58.1 Å². The third kappa shape index (κ3) is 3.09. The van der Waals surface area contributed by atoms with Crippen molar-refractivity contribution >= 4 is 18.5 Å². The van der Waals surface area contributed by atoms with E-state index in [9.17, 15) is 4.79 Å². The Morgan fingerprint density at radius 2 is 1.94 bits per heavy atom. The van der Waals surface area contributed by atoms with E-state index < -0.39 is 5.60 Å². The number of carbonyl (C=O) groups is 1. The van der Waals surface area contributed by atoms with Crippen LogP contribution in [-0.2, 0) is 4.74 Å². The summed E-state index contributed by atoms with van der Waals surface area (Å²) in [5, 5.41) is 0. The van der Waals surface area contributed by atoms with Gasteiger partial charge < -0.3 is 15.4 Å². The molecular weight excluding hydrogens is 252 g/mol. The van der Waals surface area contributed by atoms with Gasteiger partial charge in [-0.2, -0.15) is 0 Å². The zero-order chi connectivity index (χ0) is 12.7. The van der Waals surface area contributed by atoms with E-state index in [2.05, 4.69) is 0 Å². The monoisotopic (exact) mass is 276 g/mol. The minimum absolute atomic E-state index is 0. The molecule has 4 nitrogen and oxygen atoms in total. The molecule has 2 aliphatic rings. The maximum absolute atomic E-state index is 11.8. The Kier molecular flexibility index (Phi) is 4.55. The predicted octanol–water partition coefficient (Wildman–Crippen LogP) is 2.55. The third-order valence-electron chi connectivity index (χ3n) is 3.89. The first-order valence-corrected chi connectivity index (χ1v) is 6.56. The first-order valence-electron chi connectivity index (χ1n) is 6.56. The summed E-state index contributed by atoms with van der Waals surface area (Å²) < 4.78 is 5.36. The van der Waals surface area contributed by atoms with E-state index in [1.165, 1.54) is 12.8 Å². The second kappa shape index (κ2) is 5.25. The summed E-state index contributed by atoms with van der Waals surface area (Å²) >= 11 is 0. The summed E-state index contributed by atoms with van der Waals surface area (Å²) in [6.07, 6.45) is 4.54. The van der Waals surface area contributed by atoms with Crippen LogP contribution in [0.1, 0.15) is 46.5 Å². The van der Waals surface area contributed by atoms with Crippen LogP contribution in [-0.4, -0.2) is 35.7 Å². The Hall–Kier alpha value is -0.480. The van der Waals surface area contributed by atoms with Gasteiger partial charge >= 0.3 is 6.09 Å². The van der Waals surface area contributed by atoms with E-state index in [0.717, 1.165) is 25.9 Å². The number of halogens is 1. The van der Waals surface area contributed by atoms with Crippen LogP contribution in [0.15, 0.2) is 0 Å². The zero-order valence-electron chi connectivity index (χ0n) is 11.6. The van der Waals surface area contributed by atoms with Gasteiger partial charge in [-0.05, 0) is 33.6 Å². The first kappa shape index (κ1) is 15.6. The maximum Gasteiger partial charge on any atom is 0.410 e. The van der Waals surface area contributed by atoms with Crippen molar-refractivity contribution in [3.05, 3.63) is 0 Å². The molecular formula is C13H25ClN2O2. The normalized spacial score (nSPS) is 26.2. The molecule has 2 fully saturated rings. The lowest BCUT2D eigenvalue weighted by Crippen LogP contribution is -2.66. The molecule has 2 rings (SSSR count). The van der Waals surface area contributed by atoms with Crippen molar-refractivity contribution in [1.29, 1.82) is 0 Å². The Bertz CT molecular complexity index is 309. The van der Waals surface area contributed by atoms with E-state index in [4.69, 9.17) is 10.5 Å². The molecule has 1 unspecified atom stereocenters. The van der Waals surface area contributed by atoms with Crippen LogP contribution in [0.25, 0.3) is 0 Å². The van der Waals surface area contributed by atoms with Gasteiger partial charge in [-0.3, -0.25) is 0 Å². The number of hydrogen-bond donors (Lipinski definition) is 1. The molecule has 0 aromatic rings. The van der Waals surface area contributed by atoms with E-state index in [1.54, 1.807) is 4.90 Å². The predicted molar refractivity (Wildman–Crippen MR) is 73.9 cm³/mol. The number of hydrogen-bond acceptors (Lipinski definition) is 3.